The van der Waals surface area contributed by atoms with Gasteiger partial charge in [0.05, 0.1) is 0 Å². The van der Waals surface area contributed by atoms with Gasteiger partial charge in [-0.3, -0.25) is 0 Å². The predicted octanol–water partition coefficient (Wildman–Crippen LogP) is 4.22. The quantitative estimate of drug-likeness (QED) is 0.778. The first-order valence-corrected chi connectivity index (χ1v) is 7.10. The van der Waals surface area contributed by atoms with Crippen LogP contribution in [0.15, 0.2) is 18.2 Å². The summed E-state index contributed by atoms with van der Waals surface area (Å²) >= 11 is 0. The highest BCUT2D eigenvalue weighted by Gasteiger charge is 2.18. The van der Waals surface area contributed by atoms with Crippen LogP contribution in [0.5, 0.6) is 0 Å². The van der Waals surface area contributed by atoms with Crippen molar-refractivity contribution in [2.75, 3.05) is 5.32 Å². The third kappa shape index (κ3) is 3.53. The summed E-state index contributed by atoms with van der Waals surface area (Å²) in [4.78, 5) is 0. The van der Waals surface area contributed by atoms with Gasteiger partial charge in [-0.1, -0.05) is 31.3 Å². The molecule has 0 spiro atoms. The molecule has 1 saturated carbocycles. The van der Waals surface area contributed by atoms with Crippen LogP contribution in [0, 0.1) is 17.8 Å². The summed E-state index contributed by atoms with van der Waals surface area (Å²) in [6.45, 7) is 6.58. The average Bonchev–Trinajstić information content (AvgIpc) is 3.13. The molecule has 1 aliphatic rings. The van der Waals surface area contributed by atoms with Crippen LogP contribution in [0.3, 0.4) is 0 Å². The van der Waals surface area contributed by atoms with E-state index in [4.69, 9.17) is 0 Å². The van der Waals surface area contributed by atoms with Crippen molar-refractivity contribution >= 4 is 5.69 Å². The lowest BCUT2D eigenvalue weighted by Gasteiger charge is -2.16. The first-order chi connectivity index (χ1) is 8.70. The number of anilines is 1. The summed E-state index contributed by atoms with van der Waals surface area (Å²) in [5.74, 6) is 7.43. The van der Waals surface area contributed by atoms with Crippen molar-refractivity contribution in [3.05, 3.63) is 29.3 Å². The molecule has 1 fully saturated rings. The van der Waals surface area contributed by atoms with E-state index in [2.05, 4.69) is 56.1 Å². The molecule has 1 heteroatoms. The van der Waals surface area contributed by atoms with Gasteiger partial charge in [-0.25, -0.2) is 0 Å². The smallest absolute Gasteiger partial charge is 0.0387 e. The van der Waals surface area contributed by atoms with Crippen molar-refractivity contribution in [1.29, 1.82) is 0 Å². The summed E-state index contributed by atoms with van der Waals surface area (Å²) in [5, 5.41) is 3.53. The lowest BCUT2D eigenvalue weighted by Crippen LogP contribution is -2.12. The number of benzene rings is 1. The molecule has 2 rings (SSSR count). The van der Waals surface area contributed by atoms with Crippen LogP contribution >= 0.6 is 0 Å². The zero-order valence-corrected chi connectivity index (χ0v) is 11.7. The second-order valence-electron chi connectivity index (χ2n) is 5.42. The molecule has 1 nitrogen and oxygen atoms in total. The van der Waals surface area contributed by atoms with E-state index >= 15 is 0 Å². The normalized spacial score (nSPS) is 14.2. The fourth-order valence-electron chi connectivity index (χ4n) is 2.08. The van der Waals surface area contributed by atoms with Gasteiger partial charge >= 0.3 is 0 Å². The summed E-state index contributed by atoms with van der Waals surface area (Å²) in [7, 11) is 0. The van der Waals surface area contributed by atoms with Crippen LogP contribution in [0.1, 0.15) is 51.2 Å². The largest absolute Gasteiger partial charge is 0.383 e. The number of rotatable bonds is 4. The van der Waals surface area contributed by atoms with Gasteiger partial charge in [0.25, 0.3) is 0 Å². The maximum Gasteiger partial charge on any atom is 0.0387 e. The summed E-state index contributed by atoms with van der Waals surface area (Å²) < 4.78 is 0. The molecule has 0 aromatic heterocycles. The minimum absolute atomic E-state index is 0.465. The Morgan fingerprint density at radius 3 is 2.72 bits per heavy atom. The monoisotopic (exact) mass is 241 g/mol. The Morgan fingerprint density at radius 2 is 2.11 bits per heavy atom. The molecule has 0 atom stereocenters. The van der Waals surface area contributed by atoms with Crippen molar-refractivity contribution < 1.29 is 0 Å². The van der Waals surface area contributed by atoms with Crippen molar-refractivity contribution in [3.63, 3.8) is 0 Å². The molecule has 1 aromatic rings. The molecule has 96 valence electrons. The van der Waals surface area contributed by atoms with Gasteiger partial charge in [-0.2, -0.15) is 0 Å². The van der Waals surface area contributed by atoms with Crippen LogP contribution in [-0.4, -0.2) is 6.04 Å². The van der Waals surface area contributed by atoms with Crippen molar-refractivity contribution in [2.45, 2.75) is 52.5 Å². The van der Waals surface area contributed by atoms with Gasteiger partial charge in [0, 0.05) is 23.2 Å². The summed E-state index contributed by atoms with van der Waals surface area (Å²) in [6, 6.07) is 6.91. The molecule has 1 N–H and O–H groups in total. The average molecular weight is 241 g/mol. The number of hydrogen-bond donors (Lipinski definition) is 1. The molecular weight excluding hydrogens is 218 g/mol. The topological polar surface area (TPSA) is 12.0 Å². The van der Waals surface area contributed by atoms with Gasteiger partial charge in [0.1, 0.15) is 0 Å². The number of hydrogen-bond acceptors (Lipinski definition) is 1. The van der Waals surface area contributed by atoms with Crippen LogP contribution < -0.4 is 5.32 Å². The number of nitrogens with one attached hydrogen (secondary N) is 1. The highest BCUT2D eigenvalue weighted by molar-refractivity contribution is 5.59. The molecule has 0 radical (unpaired) electrons. The van der Waals surface area contributed by atoms with Gasteiger partial charge in [-0.05, 0) is 50.8 Å². The Kier molecular flexibility index (Phi) is 4.31. The Morgan fingerprint density at radius 1 is 1.33 bits per heavy atom. The van der Waals surface area contributed by atoms with E-state index in [0.717, 1.165) is 12.8 Å². The minimum atomic E-state index is 0.465. The van der Waals surface area contributed by atoms with Crippen molar-refractivity contribution in [3.8, 4) is 11.8 Å². The predicted molar refractivity (Wildman–Crippen MR) is 78.8 cm³/mol. The maximum absolute atomic E-state index is 3.53. The molecule has 0 aliphatic heterocycles. The van der Waals surface area contributed by atoms with E-state index in [1.807, 2.05) is 0 Å². The van der Waals surface area contributed by atoms with Crippen molar-refractivity contribution in [2.24, 2.45) is 5.92 Å². The van der Waals surface area contributed by atoms with Crippen LogP contribution in [-0.2, 0) is 6.42 Å². The molecule has 0 saturated heterocycles. The third-order valence-corrected chi connectivity index (χ3v) is 3.11. The van der Waals surface area contributed by atoms with E-state index in [1.54, 1.807) is 0 Å². The van der Waals surface area contributed by atoms with Crippen molar-refractivity contribution in [1.82, 2.24) is 0 Å². The standard InChI is InChI=1S/C17H23N/c1-4-6-16-15(12-11-14-9-10-14)7-5-8-17(16)18-13(2)3/h5,7-8,13-14,18H,4,6,9-10H2,1-3H3. The second-order valence-corrected chi connectivity index (χ2v) is 5.42. The third-order valence-electron chi connectivity index (χ3n) is 3.11. The van der Waals surface area contributed by atoms with E-state index in [1.165, 1.54) is 29.7 Å². The molecule has 0 amide bonds. The lowest BCUT2D eigenvalue weighted by atomic mass is 10.0. The van der Waals surface area contributed by atoms with Gasteiger partial charge in [0.15, 0.2) is 0 Å². The molecule has 18 heavy (non-hydrogen) atoms. The zero-order chi connectivity index (χ0) is 13.0. The Labute approximate surface area is 111 Å². The van der Waals surface area contributed by atoms with Crippen LogP contribution in [0.4, 0.5) is 5.69 Å². The Balaban J connectivity index is 2.29. The molecule has 0 unspecified atom stereocenters. The van der Waals surface area contributed by atoms with Gasteiger partial charge < -0.3 is 5.32 Å². The van der Waals surface area contributed by atoms with E-state index in [9.17, 15) is 0 Å². The minimum Gasteiger partial charge on any atom is -0.383 e. The SMILES string of the molecule is CCCc1c(C#CC2CC2)cccc1NC(C)C. The Hall–Kier alpha value is -1.42. The fourth-order valence-corrected chi connectivity index (χ4v) is 2.08. The second kappa shape index (κ2) is 5.96. The summed E-state index contributed by atoms with van der Waals surface area (Å²) in [5.41, 5.74) is 3.87. The zero-order valence-electron chi connectivity index (χ0n) is 11.7. The van der Waals surface area contributed by atoms with Gasteiger partial charge in [0.2, 0.25) is 0 Å². The fraction of sp³-hybridized carbons (Fsp3) is 0.529. The first-order valence-electron chi connectivity index (χ1n) is 7.10. The van der Waals surface area contributed by atoms with Crippen LogP contribution in [0.2, 0.25) is 0 Å². The van der Waals surface area contributed by atoms with E-state index < -0.39 is 0 Å². The molecule has 1 aromatic carbocycles. The molecular formula is C17H23N. The molecule has 1 aliphatic carbocycles. The lowest BCUT2D eigenvalue weighted by molar-refractivity contribution is 0.876. The molecule has 0 bridgehead atoms. The first kappa shape index (κ1) is 13.0. The highest BCUT2D eigenvalue weighted by atomic mass is 14.9. The molecule has 0 heterocycles. The van der Waals surface area contributed by atoms with Crippen LogP contribution in [0.25, 0.3) is 0 Å². The van der Waals surface area contributed by atoms with E-state index in [-0.39, 0.29) is 0 Å². The summed E-state index contributed by atoms with van der Waals surface area (Å²) in [6.07, 6.45) is 4.85. The van der Waals surface area contributed by atoms with E-state index in [0.29, 0.717) is 12.0 Å². The maximum atomic E-state index is 3.53. The van der Waals surface area contributed by atoms with Gasteiger partial charge in [-0.15, -0.1) is 0 Å². The Bertz CT molecular complexity index is 458. The highest BCUT2D eigenvalue weighted by Crippen LogP contribution is 2.28.